The molecule has 0 radical (unpaired) electrons. The van der Waals surface area contributed by atoms with Crippen molar-refractivity contribution in [3.8, 4) is 0 Å². The van der Waals surface area contributed by atoms with Gasteiger partial charge < -0.3 is 9.64 Å². The van der Waals surface area contributed by atoms with Crippen molar-refractivity contribution in [2.24, 2.45) is 11.0 Å². The summed E-state index contributed by atoms with van der Waals surface area (Å²) in [5.41, 5.74) is 7.10. The number of carbonyl (C=O) groups is 2. The molecule has 2 amide bonds. The Morgan fingerprint density at radius 3 is 2.43 bits per heavy atom. The van der Waals surface area contributed by atoms with Gasteiger partial charge in [-0.05, 0) is 55.2 Å². The highest BCUT2D eigenvalue weighted by atomic mass is 19.1. The van der Waals surface area contributed by atoms with E-state index in [2.05, 4.69) is 5.43 Å². The molecule has 8 nitrogen and oxygen atoms in total. The predicted octanol–water partition coefficient (Wildman–Crippen LogP) is 3.98. The van der Waals surface area contributed by atoms with Gasteiger partial charge in [0.2, 0.25) is 0 Å². The van der Waals surface area contributed by atoms with E-state index in [1.54, 1.807) is 17.0 Å². The number of methoxy groups -OCH3 is 1. The Balaban J connectivity index is 1.54. The van der Waals surface area contributed by atoms with E-state index in [0.717, 1.165) is 54.7 Å². The minimum atomic E-state index is -0.465. The molecule has 2 aromatic rings. The van der Waals surface area contributed by atoms with Crippen LogP contribution in [-0.2, 0) is 9.53 Å². The molecule has 3 aliphatic rings. The van der Waals surface area contributed by atoms with E-state index in [9.17, 15) is 14.0 Å². The molecule has 0 spiro atoms. The second kappa shape index (κ2) is 10.7. The molecule has 5 rings (SSSR count). The van der Waals surface area contributed by atoms with Crippen LogP contribution in [0.15, 0.2) is 59.2 Å². The predicted molar refractivity (Wildman–Crippen MR) is 140 cm³/mol. The first-order chi connectivity index (χ1) is 17.9. The lowest BCUT2D eigenvalue weighted by molar-refractivity contribution is -0.120. The number of rotatable bonds is 4. The van der Waals surface area contributed by atoms with Gasteiger partial charge in [-0.1, -0.05) is 42.3 Å². The Bertz CT molecular complexity index is 1210. The number of hydrogen-bond donors (Lipinski definition) is 1. The van der Waals surface area contributed by atoms with Crippen LogP contribution in [0.4, 0.5) is 14.9 Å². The number of likely N-dealkylation sites (tertiary alicyclic amines) is 1. The summed E-state index contributed by atoms with van der Waals surface area (Å²) < 4.78 is 18.6. The maximum atomic E-state index is 13.6. The second-order valence-electron chi connectivity index (χ2n) is 9.83. The van der Waals surface area contributed by atoms with Crippen molar-refractivity contribution in [2.45, 2.75) is 32.2 Å². The number of amides is 2. The van der Waals surface area contributed by atoms with Gasteiger partial charge >= 0.3 is 6.09 Å². The topological polar surface area (TPSA) is 77.5 Å². The largest absolute Gasteiger partial charge is 0.453 e. The highest BCUT2D eigenvalue weighted by Gasteiger charge is 2.48. The zero-order valence-electron chi connectivity index (χ0n) is 21.2. The number of nitrogens with one attached hydrogen (secondary N) is 1. The normalized spacial score (nSPS) is 23.0. The molecule has 0 aromatic heterocycles. The molecule has 2 aromatic carbocycles. The van der Waals surface area contributed by atoms with Crippen LogP contribution in [0, 0.1) is 18.7 Å². The number of aryl methyl sites for hydroxylation is 1. The zero-order chi connectivity index (χ0) is 25.9. The molecule has 194 valence electrons. The molecule has 2 fully saturated rings. The molecule has 3 aliphatic heterocycles. The number of ether oxygens (including phenoxy) is 1. The molecular formula is C28H32FN5O3. The molecule has 2 saturated heterocycles. The van der Waals surface area contributed by atoms with E-state index in [-0.39, 0.29) is 23.7 Å². The van der Waals surface area contributed by atoms with E-state index in [1.807, 2.05) is 47.3 Å². The fourth-order valence-electron chi connectivity index (χ4n) is 5.30. The van der Waals surface area contributed by atoms with Gasteiger partial charge in [-0.2, -0.15) is 5.10 Å². The number of hydrazine groups is 1. The fourth-order valence-corrected chi connectivity index (χ4v) is 5.30. The lowest BCUT2D eigenvalue weighted by Crippen LogP contribution is -2.55. The molecule has 0 saturated carbocycles. The van der Waals surface area contributed by atoms with Gasteiger partial charge in [0.25, 0.3) is 5.91 Å². The minimum absolute atomic E-state index is 0.251. The van der Waals surface area contributed by atoms with E-state index >= 15 is 0 Å². The first-order valence-electron chi connectivity index (χ1n) is 12.7. The Hall–Kier alpha value is -3.72. The first-order valence-corrected chi connectivity index (χ1v) is 12.7. The summed E-state index contributed by atoms with van der Waals surface area (Å²) in [5, 5.41) is 8.70. The number of piperidine rings is 2. The van der Waals surface area contributed by atoms with E-state index in [0.29, 0.717) is 18.8 Å². The Labute approximate surface area is 216 Å². The molecule has 2 atom stereocenters. The van der Waals surface area contributed by atoms with E-state index in [1.165, 1.54) is 19.2 Å². The van der Waals surface area contributed by atoms with E-state index in [4.69, 9.17) is 9.84 Å². The molecule has 2 unspecified atom stereocenters. The highest BCUT2D eigenvalue weighted by molar-refractivity contribution is 6.40. The number of hydrazone groups is 1. The summed E-state index contributed by atoms with van der Waals surface area (Å²) in [4.78, 5) is 27.8. The molecule has 37 heavy (non-hydrogen) atoms. The molecular weight excluding hydrogens is 473 g/mol. The smallest absolute Gasteiger partial charge is 0.409 e. The molecule has 0 aliphatic carbocycles. The van der Waals surface area contributed by atoms with Crippen LogP contribution in [-0.4, -0.2) is 67.0 Å². The summed E-state index contributed by atoms with van der Waals surface area (Å²) in [7, 11) is 1.35. The Morgan fingerprint density at radius 1 is 1.05 bits per heavy atom. The van der Waals surface area contributed by atoms with Gasteiger partial charge in [0, 0.05) is 26.2 Å². The van der Waals surface area contributed by atoms with Gasteiger partial charge in [0.15, 0.2) is 0 Å². The molecule has 9 heteroatoms. The number of fused-ring (bicyclic) bond motifs is 1. The van der Waals surface area contributed by atoms with Gasteiger partial charge in [0.1, 0.15) is 11.5 Å². The summed E-state index contributed by atoms with van der Waals surface area (Å²) in [6.07, 6.45) is 4.72. The molecule has 0 bridgehead atoms. The van der Waals surface area contributed by atoms with Crippen molar-refractivity contribution in [3.05, 3.63) is 71.0 Å². The van der Waals surface area contributed by atoms with Crippen molar-refractivity contribution in [1.82, 2.24) is 15.3 Å². The Morgan fingerprint density at radius 2 is 1.76 bits per heavy atom. The number of halogens is 1. The number of benzene rings is 2. The van der Waals surface area contributed by atoms with Gasteiger partial charge in [-0.15, -0.1) is 0 Å². The number of hydrogen-bond acceptors (Lipinski definition) is 6. The maximum absolute atomic E-state index is 13.6. The third-order valence-electron chi connectivity index (χ3n) is 7.18. The van der Waals surface area contributed by atoms with Crippen molar-refractivity contribution >= 4 is 29.5 Å². The Kier molecular flexibility index (Phi) is 7.23. The number of anilines is 1. The van der Waals surface area contributed by atoms with Crippen LogP contribution in [0.1, 0.15) is 30.4 Å². The minimum Gasteiger partial charge on any atom is -0.453 e. The monoisotopic (exact) mass is 505 g/mol. The number of carbonyl (C=O) groups excluding carboxylic acids is 2. The second-order valence-corrected chi connectivity index (χ2v) is 9.83. The van der Waals surface area contributed by atoms with Crippen molar-refractivity contribution < 1.29 is 18.7 Å². The van der Waals surface area contributed by atoms with Crippen molar-refractivity contribution in [2.75, 3.05) is 38.3 Å². The maximum Gasteiger partial charge on any atom is 0.409 e. The summed E-state index contributed by atoms with van der Waals surface area (Å²) in [5.74, 6) is -0.938. The van der Waals surface area contributed by atoms with Crippen LogP contribution in [0.25, 0.3) is 6.08 Å². The average Bonchev–Trinajstić information content (AvgIpc) is 3.30. The summed E-state index contributed by atoms with van der Waals surface area (Å²) in [6, 6.07) is 13.9. The lowest BCUT2D eigenvalue weighted by atomic mass is 9.84. The quantitative estimate of drug-likeness (QED) is 0.680. The standard InChI is InChI=1S/C28H32FN5O3/c1-19-6-12-23(13-7-19)34-26-21(16-20-8-10-22(29)11-9-20)17-32(28(36)37-2)18-24(26)25(30-34)27(35)31-33-14-4-3-5-15-33/h6-13,16,24,26H,3-5,14-15,17-18H2,1-2H3,(H,31,35)/b21-16+. The van der Waals surface area contributed by atoms with Crippen LogP contribution in [0.2, 0.25) is 0 Å². The van der Waals surface area contributed by atoms with Gasteiger partial charge in [0.05, 0.1) is 24.8 Å². The van der Waals surface area contributed by atoms with Crippen molar-refractivity contribution in [3.63, 3.8) is 0 Å². The number of nitrogens with zero attached hydrogens (tertiary/aromatic N) is 4. The zero-order valence-corrected chi connectivity index (χ0v) is 21.2. The highest BCUT2D eigenvalue weighted by Crippen LogP contribution is 2.38. The summed E-state index contributed by atoms with van der Waals surface area (Å²) in [6.45, 7) is 4.24. The first kappa shape index (κ1) is 25.0. The van der Waals surface area contributed by atoms with Gasteiger partial charge in [-0.25, -0.2) is 14.2 Å². The third kappa shape index (κ3) is 5.36. The van der Waals surface area contributed by atoms with Gasteiger partial charge in [-0.3, -0.25) is 15.2 Å². The van der Waals surface area contributed by atoms with Crippen LogP contribution in [0.3, 0.4) is 0 Å². The molecule has 1 N–H and O–H groups in total. The molecule has 3 heterocycles. The van der Waals surface area contributed by atoms with Crippen LogP contribution < -0.4 is 10.4 Å². The van der Waals surface area contributed by atoms with Crippen molar-refractivity contribution in [1.29, 1.82) is 0 Å². The average molecular weight is 506 g/mol. The summed E-state index contributed by atoms with van der Waals surface area (Å²) >= 11 is 0. The third-order valence-corrected chi connectivity index (χ3v) is 7.18. The SMILES string of the molecule is COC(=O)N1C/C(=C\c2ccc(F)cc2)C2C(C1)C(C(=O)NN1CCCCC1)=NN2c1ccc(C)cc1. The van der Waals surface area contributed by atoms with E-state index < -0.39 is 6.09 Å². The lowest BCUT2D eigenvalue weighted by Gasteiger charge is -2.39. The van der Waals surface area contributed by atoms with Crippen LogP contribution >= 0.6 is 0 Å². The van der Waals surface area contributed by atoms with Crippen LogP contribution in [0.5, 0.6) is 0 Å². The fraction of sp³-hybridized carbons (Fsp3) is 0.393.